The number of benzene rings is 1. The van der Waals surface area contributed by atoms with Crippen LogP contribution in [0.2, 0.25) is 0 Å². The second-order valence-electron chi connectivity index (χ2n) is 3.25. The Bertz CT molecular complexity index is 381. The first-order valence-electron chi connectivity index (χ1n) is 4.71. The van der Waals surface area contributed by atoms with Crippen LogP contribution >= 0.6 is 27.7 Å². The van der Waals surface area contributed by atoms with E-state index in [1.54, 1.807) is 14.0 Å². The Labute approximate surface area is 107 Å². The molecule has 5 heteroatoms. The lowest BCUT2D eigenvalue weighted by Crippen LogP contribution is -2.11. The molecule has 0 spiro atoms. The first-order chi connectivity index (χ1) is 7.54. The molecule has 1 unspecified atom stereocenters. The summed E-state index contributed by atoms with van der Waals surface area (Å²) in [5, 5.41) is 8.37. The molecule has 0 saturated heterocycles. The maximum absolute atomic E-state index is 10.7. The van der Waals surface area contributed by atoms with E-state index in [1.165, 1.54) is 11.8 Å². The molecule has 1 aromatic carbocycles. The van der Waals surface area contributed by atoms with E-state index in [-0.39, 0.29) is 0 Å². The van der Waals surface area contributed by atoms with Crippen molar-refractivity contribution >= 4 is 33.7 Å². The molecule has 1 rings (SSSR count). The third kappa shape index (κ3) is 3.72. The highest BCUT2D eigenvalue weighted by atomic mass is 79.9. The molecule has 0 aliphatic heterocycles. The van der Waals surface area contributed by atoms with Gasteiger partial charge in [0, 0.05) is 10.2 Å². The lowest BCUT2D eigenvalue weighted by molar-refractivity contribution is -0.136. The summed E-state index contributed by atoms with van der Waals surface area (Å²) in [4.78, 5) is 10.7. The van der Waals surface area contributed by atoms with Gasteiger partial charge in [-0.25, -0.2) is 0 Å². The average Bonchev–Trinajstić information content (AvgIpc) is 2.27. The SMILES string of the molecule is COc1ccc(Br)c(CSC(C)C(=O)O)c1. The molecule has 0 aliphatic rings. The van der Waals surface area contributed by atoms with E-state index < -0.39 is 11.2 Å². The van der Waals surface area contributed by atoms with Gasteiger partial charge in [-0.15, -0.1) is 11.8 Å². The normalized spacial score (nSPS) is 12.2. The first-order valence-corrected chi connectivity index (χ1v) is 6.55. The first kappa shape index (κ1) is 13.4. The lowest BCUT2D eigenvalue weighted by Gasteiger charge is -2.09. The minimum Gasteiger partial charge on any atom is -0.497 e. The molecular weight excluding hydrogens is 292 g/mol. The van der Waals surface area contributed by atoms with Crippen LogP contribution in [0, 0.1) is 0 Å². The van der Waals surface area contributed by atoms with Crippen molar-refractivity contribution in [2.45, 2.75) is 17.9 Å². The largest absolute Gasteiger partial charge is 0.497 e. The number of methoxy groups -OCH3 is 1. The van der Waals surface area contributed by atoms with Crippen molar-refractivity contribution in [3.8, 4) is 5.75 Å². The van der Waals surface area contributed by atoms with Crippen LogP contribution in [0.25, 0.3) is 0 Å². The molecule has 1 aromatic rings. The summed E-state index contributed by atoms with van der Waals surface area (Å²) in [6.07, 6.45) is 0. The summed E-state index contributed by atoms with van der Waals surface area (Å²) in [5.41, 5.74) is 1.04. The third-order valence-corrected chi connectivity index (χ3v) is 4.04. The molecule has 0 aliphatic carbocycles. The van der Waals surface area contributed by atoms with Crippen LogP contribution in [-0.2, 0) is 10.5 Å². The minimum atomic E-state index is -0.788. The Morgan fingerprint density at radius 1 is 1.62 bits per heavy atom. The molecule has 16 heavy (non-hydrogen) atoms. The summed E-state index contributed by atoms with van der Waals surface area (Å²) in [6, 6.07) is 5.67. The Hall–Kier alpha value is -0.680. The summed E-state index contributed by atoms with van der Waals surface area (Å²) in [6.45, 7) is 1.68. The Morgan fingerprint density at radius 2 is 2.31 bits per heavy atom. The number of thioether (sulfide) groups is 1. The van der Waals surface area contributed by atoms with Crippen molar-refractivity contribution in [3.63, 3.8) is 0 Å². The molecule has 88 valence electrons. The molecule has 0 saturated carbocycles. The van der Waals surface area contributed by atoms with Crippen molar-refractivity contribution in [1.82, 2.24) is 0 Å². The number of ether oxygens (including phenoxy) is 1. The molecular formula is C11H13BrO3S. The fraction of sp³-hybridized carbons (Fsp3) is 0.364. The molecule has 0 radical (unpaired) electrons. The van der Waals surface area contributed by atoms with Crippen LogP contribution in [0.15, 0.2) is 22.7 Å². The maximum Gasteiger partial charge on any atom is 0.316 e. The standard InChI is InChI=1S/C11H13BrO3S/c1-7(11(13)14)16-6-8-5-9(15-2)3-4-10(8)12/h3-5,7H,6H2,1-2H3,(H,13,14). The zero-order chi connectivity index (χ0) is 12.1. The van der Waals surface area contributed by atoms with Crippen LogP contribution in [0.3, 0.4) is 0 Å². The number of halogens is 1. The molecule has 0 heterocycles. The van der Waals surface area contributed by atoms with Gasteiger partial charge in [0.25, 0.3) is 0 Å². The number of carbonyl (C=O) groups is 1. The number of aliphatic carboxylic acids is 1. The highest BCUT2D eigenvalue weighted by molar-refractivity contribution is 9.10. The number of hydrogen-bond acceptors (Lipinski definition) is 3. The van der Waals surface area contributed by atoms with E-state index in [4.69, 9.17) is 9.84 Å². The van der Waals surface area contributed by atoms with Crippen molar-refractivity contribution in [3.05, 3.63) is 28.2 Å². The van der Waals surface area contributed by atoms with Crippen molar-refractivity contribution in [1.29, 1.82) is 0 Å². The van der Waals surface area contributed by atoms with Crippen LogP contribution in [0.4, 0.5) is 0 Å². The maximum atomic E-state index is 10.7. The van der Waals surface area contributed by atoms with Gasteiger partial charge < -0.3 is 9.84 Å². The van der Waals surface area contributed by atoms with Gasteiger partial charge in [-0.1, -0.05) is 15.9 Å². The number of rotatable bonds is 5. The van der Waals surface area contributed by atoms with Crippen LogP contribution < -0.4 is 4.74 Å². The fourth-order valence-electron chi connectivity index (χ4n) is 1.07. The molecule has 1 N–H and O–H groups in total. The fourth-order valence-corrected chi connectivity index (χ4v) is 2.46. The predicted octanol–water partition coefficient (Wildman–Crippen LogP) is 3.16. The second-order valence-corrected chi connectivity index (χ2v) is 5.43. The van der Waals surface area contributed by atoms with Gasteiger partial charge in [-0.3, -0.25) is 4.79 Å². The van der Waals surface area contributed by atoms with Crippen LogP contribution in [0.5, 0.6) is 5.75 Å². The van der Waals surface area contributed by atoms with E-state index in [0.717, 1.165) is 15.8 Å². The van der Waals surface area contributed by atoms with Gasteiger partial charge in [0.2, 0.25) is 0 Å². The van der Waals surface area contributed by atoms with Gasteiger partial charge in [-0.05, 0) is 30.7 Å². The van der Waals surface area contributed by atoms with Gasteiger partial charge >= 0.3 is 5.97 Å². The molecule has 0 bridgehead atoms. The van der Waals surface area contributed by atoms with Crippen LogP contribution in [-0.4, -0.2) is 23.4 Å². The molecule has 0 amide bonds. The number of carboxylic acids is 1. The summed E-state index contributed by atoms with van der Waals surface area (Å²) in [5.74, 6) is 0.636. The predicted molar refractivity (Wildman–Crippen MR) is 69.1 cm³/mol. The van der Waals surface area contributed by atoms with Crippen LogP contribution in [0.1, 0.15) is 12.5 Å². The number of hydrogen-bond donors (Lipinski definition) is 1. The lowest BCUT2D eigenvalue weighted by atomic mass is 10.2. The summed E-state index contributed by atoms with van der Waals surface area (Å²) in [7, 11) is 1.61. The van der Waals surface area contributed by atoms with E-state index in [9.17, 15) is 4.79 Å². The quantitative estimate of drug-likeness (QED) is 0.907. The topological polar surface area (TPSA) is 46.5 Å². The summed E-state index contributed by atoms with van der Waals surface area (Å²) < 4.78 is 6.09. The summed E-state index contributed by atoms with van der Waals surface area (Å²) >= 11 is 4.82. The molecule has 1 atom stereocenters. The molecule has 0 fully saturated rings. The average molecular weight is 305 g/mol. The van der Waals surface area contributed by atoms with Gasteiger partial charge in [0.1, 0.15) is 5.75 Å². The van der Waals surface area contributed by atoms with E-state index >= 15 is 0 Å². The molecule has 3 nitrogen and oxygen atoms in total. The van der Waals surface area contributed by atoms with Crippen molar-refractivity contribution < 1.29 is 14.6 Å². The van der Waals surface area contributed by atoms with Crippen molar-refractivity contribution in [2.75, 3.05) is 7.11 Å². The highest BCUT2D eigenvalue weighted by Gasteiger charge is 2.12. The Kier molecular flexibility index (Phi) is 5.15. The smallest absolute Gasteiger partial charge is 0.316 e. The zero-order valence-corrected chi connectivity index (χ0v) is 11.5. The van der Waals surface area contributed by atoms with Crippen molar-refractivity contribution in [2.24, 2.45) is 0 Å². The monoisotopic (exact) mass is 304 g/mol. The minimum absolute atomic E-state index is 0.405. The molecule has 0 aromatic heterocycles. The Balaban J connectivity index is 2.69. The van der Waals surface area contributed by atoms with Gasteiger partial charge in [-0.2, -0.15) is 0 Å². The zero-order valence-electron chi connectivity index (χ0n) is 9.07. The highest BCUT2D eigenvalue weighted by Crippen LogP contribution is 2.27. The number of carboxylic acid groups (broad SMARTS) is 1. The second kappa shape index (κ2) is 6.15. The van der Waals surface area contributed by atoms with E-state index in [0.29, 0.717) is 5.75 Å². The third-order valence-electron chi connectivity index (χ3n) is 2.09. The van der Waals surface area contributed by atoms with E-state index in [1.807, 2.05) is 18.2 Å². The van der Waals surface area contributed by atoms with Gasteiger partial charge in [0.05, 0.1) is 12.4 Å². The Morgan fingerprint density at radius 3 is 2.88 bits per heavy atom. The van der Waals surface area contributed by atoms with E-state index in [2.05, 4.69) is 15.9 Å². The van der Waals surface area contributed by atoms with Gasteiger partial charge in [0.15, 0.2) is 0 Å².